The van der Waals surface area contributed by atoms with Crippen molar-refractivity contribution in [1.82, 2.24) is 9.78 Å². The fourth-order valence-electron chi connectivity index (χ4n) is 1.98. The third-order valence-corrected chi connectivity index (χ3v) is 4.38. The Bertz CT molecular complexity index is 748. The third kappa shape index (κ3) is 2.68. The maximum atomic E-state index is 6.15. The van der Waals surface area contributed by atoms with E-state index in [1.165, 1.54) is 11.3 Å². The summed E-state index contributed by atoms with van der Waals surface area (Å²) in [5, 5.41) is 7.18. The maximum absolute atomic E-state index is 6.15. The van der Waals surface area contributed by atoms with E-state index in [2.05, 4.69) is 5.10 Å². The minimum atomic E-state index is 0.585. The Hall–Kier alpha value is -1.49. The van der Waals surface area contributed by atoms with Crippen LogP contribution in [0.15, 0.2) is 41.9 Å². The molecule has 0 spiro atoms. The summed E-state index contributed by atoms with van der Waals surface area (Å²) in [6, 6.07) is 9.56. The van der Waals surface area contributed by atoms with Crippen molar-refractivity contribution in [1.29, 1.82) is 0 Å². The molecule has 0 atom stereocenters. The summed E-state index contributed by atoms with van der Waals surface area (Å²) in [7, 11) is 0. The molecular weight excluding hydrogens is 313 g/mol. The number of nitrogen functional groups attached to an aromatic ring is 1. The molecule has 3 rings (SSSR count). The number of rotatable bonds is 3. The number of aromatic nitrogens is 2. The van der Waals surface area contributed by atoms with Crippen molar-refractivity contribution < 1.29 is 0 Å². The van der Waals surface area contributed by atoms with Gasteiger partial charge in [-0.2, -0.15) is 5.10 Å². The number of halogens is 2. The lowest BCUT2D eigenvalue weighted by Crippen LogP contribution is -2.00. The van der Waals surface area contributed by atoms with Gasteiger partial charge in [0.25, 0.3) is 0 Å². The minimum Gasteiger partial charge on any atom is -0.396 e. The van der Waals surface area contributed by atoms with Crippen LogP contribution in [0.3, 0.4) is 0 Å². The number of nitrogens with zero attached hydrogens (tertiary/aromatic N) is 2. The Morgan fingerprint density at radius 3 is 2.75 bits per heavy atom. The van der Waals surface area contributed by atoms with Gasteiger partial charge in [0.15, 0.2) is 0 Å². The zero-order valence-corrected chi connectivity index (χ0v) is 12.7. The van der Waals surface area contributed by atoms with Crippen LogP contribution in [0, 0.1) is 0 Å². The third-order valence-electron chi connectivity index (χ3n) is 2.92. The molecule has 2 aromatic heterocycles. The van der Waals surface area contributed by atoms with Gasteiger partial charge in [-0.1, -0.05) is 41.4 Å². The second kappa shape index (κ2) is 5.48. The van der Waals surface area contributed by atoms with E-state index in [9.17, 15) is 0 Å². The molecule has 0 unspecified atom stereocenters. The average Bonchev–Trinajstić information content (AvgIpc) is 2.98. The lowest BCUT2D eigenvalue weighted by molar-refractivity contribution is 0.690. The van der Waals surface area contributed by atoms with Crippen molar-refractivity contribution in [2.75, 3.05) is 5.73 Å². The molecule has 0 saturated carbocycles. The van der Waals surface area contributed by atoms with E-state index < -0.39 is 0 Å². The lowest BCUT2D eigenvalue weighted by atomic mass is 10.2. The fourth-order valence-corrected chi connectivity index (χ4v) is 3.04. The van der Waals surface area contributed by atoms with Crippen LogP contribution in [0.5, 0.6) is 0 Å². The van der Waals surface area contributed by atoms with Crippen molar-refractivity contribution >= 4 is 40.2 Å². The fraction of sp³-hybridized carbons (Fsp3) is 0.0714. The van der Waals surface area contributed by atoms with Crippen molar-refractivity contribution in [2.24, 2.45) is 0 Å². The smallest absolute Gasteiger partial charge is 0.116 e. The van der Waals surface area contributed by atoms with Crippen LogP contribution in [0.4, 0.5) is 5.69 Å². The summed E-state index contributed by atoms with van der Waals surface area (Å²) < 4.78 is 2.51. The molecule has 0 aliphatic heterocycles. The van der Waals surface area contributed by atoms with Crippen LogP contribution in [-0.4, -0.2) is 9.78 Å². The second-order valence-corrected chi connectivity index (χ2v) is 6.31. The number of anilines is 1. The topological polar surface area (TPSA) is 43.8 Å². The number of hydrogen-bond acceptors (Lipinski definition) is 3. The second-order valence-electron chi connectivity index (χ2n) is 4.36. The largest absolute Gasteiger partial charge is 0.396 e. The zero-order chi connectivity index (χ0) is 14.1. The molecule has 0 amide bonds. The van der Waals surface area contributed by atoms with E-state index in [1.807, 2.05) is 41.9 Å². The highest BCUT2D eigenvalue weighted by Gasteiger charge is 2.11. The van der Waals surface area contributed by atoms with Crippen molar-refractivity contribution in [3.8, 4) is 11.3 Å². The molecule has 2 heterocycles. The van der Waals surface area contributed by atoms with Crippen LogP contribution in [-0.2, 0) is 6.54 Å². The summed E-state index contributed by atoms with van der Waals surface area (Å²) in [4.78, 5) is 0. The summed E-state index contributed by atoms with van der Waals surface area (Å²) >= 11 is 13.6. The molecule has 0 fully saturated rings. The number of hydrogen-bond donors (Lipinski definition) is 1. The maximum Gasteiger partial charge on any atom is 0.116 e. The van der Waals surface area contributed by atoms with Gasteiger partial charge >= 0.3 is 0 Å². The van der Waals surface area contributed by atoms with E-state index in [4.69, 9.17) is 28.9 Å². The predicted octanol–water partition coefficient (Wildman–Crippen LogP) is 4.55. The van der Waals surface area contributed by atoms with Gasteiger partial charge in [0.2, 0.25) is 0 Å². The van der Waals surface area contributed by atoms with E-state index in [0.717, 1.165) is 26.2 Å². The Kier molecular flexibility index (Phi) is 3.70. The van der Waals surface area contributed by atoms with Gasteiger partial charge in [0.1, 0.15) is 5.69 Å². The van der Waals surface area contributed by atoms with Gasteiger partial charge < -0.3 is 5.73 Å². The quantitative estimate of drug-likeness (QED) is 0.768. The molecule has 0 aliphatic carbocycles. The lowest BCUT2D eigenvalue weighted by Gasteiger charge is -2.03. The molecule has 3 nitrogen and oxygen atoms in total. The standard InChI is InChI=1S/C14H11Cl2N3S/c15-11-4-2-1-3-9(11)6-19-7-12(17)14(18-19)10-5-13(16)20-8-10/h1-5,7-8H,6,17H2. The van der Waals surface area contributed by atoms with Crippen LogP contribution >= 0.6 is 34.5 Å². The Labute approximate surface area is 130 Å². The first-order valence-electron chi connectivity index (χ1n) is 5.94. The Morgan fingerprint density at radius 2 is 2.05 bits per heavy atom. The van der Waals surface area contributed by atoms with Gasteiger partial charge in [0.05, 0.1) is 16.6 Å². The van der Waals surface area contributed by atoms with E-state index in [1.54, 1.807) is 4.68 Å². The van der Waals surface area contributed by atoms with E-state index in [-0.39, 0.29) is 0 Å². The summed E-state index contributed by atoms with van der Waals surface area (Å²) in [6.07, 6.45) is 1.81. The summed E-state index contributed by atoms with van der Waals surface area (Å²) in [5.74, 6) is 0. The Morgan fingerprint density at radius 1 is 1.25 bits per heavy atom. The first-order chi connectivity index (χ1) is 9.63. The van der Waals surface area contributed by atoms with Gasteiger partial charge in [0, 0.05) is 22.2 Å². The Balaban J connectivity index is 1.91. The number of benzene rings is 1. The average molecular weight is 324 g/mol. The van der Waals surface area contributed by atoms with Crippen LogP contribution in [0.2, 0.25) is 9.36 Å². The molecule has 3 aromatic rings. The number of thiophene rings is 1. The monoisotopic (exact) mass is 323 g/mol. The highest BCUT2D eigenvalue weighted by Crippen LogP contribution is 2.31. The van der Waals surface area contributed by atoms with Gasteiger partial charge in [-0.15, -0.1) is 11.3 Å². The molecule has 0 saturated heterocycles. The normalized spacial score (nSPS) is 10.9. The van der Waals surface area contributed by atoms with Crippen LogP contribution in [0.1, 0.15) is 5.56 Å². The molecule has 102 valence electrons. The summed E-state index contributed by atoms with van der Waals surface area (Å²) in [5.41, 5.74) is 9.35. The minimum absolute atomic E-state index is 0.585. The van der Waals surface area contributed by atoms with E-state index in [0.29, 0.717) is 12.2 Å². The molecule has 6 heteroatoms. The molecule has 1 aromatic carbocycles. The SMILES string of the molecule is Nc1cn(Cc2ccccc2Cl)nc1-c1csc(Cl)c1. The molecular formula is C14H11Cl2N3S. The van der Waals surface area contributed by atoms with Gasteiger partial charge in [-0.3, -0.25) is 4.68 Å². The van der Waals surface area contributed by atoms with Crippen LogP contribution in [0.25, 0.3) is 11.3 Å². The first-order valence-corrected chi connectivity index (χ1v) is 7.58. The van der Waals surface area contributed by atoms with Crippen molar-refractivity contribution in [3.05, 3.63) is 56.8 Å². The summed E-state index contributed by atoms with van der Waals surface area (Å²) in [6.45, 7) is 0.585. The van der Waals surface area contributed by atoms with Crippen LogP contribution < -0.4 is 5.73 Å². The van der Waals surface area contributed by atoms with E-state index >= 15 is 0 Å². The number of nitrogens with two attached hydrogens (primary N) is 1. The molecule has 2 N–H and O–H groups in total. The predicted molar refractivity (Wildman–Crippen MR) is 85.5 cm³/mol. The highest BCUT2D eigenvalue weighted by molar-refractivity contribution is 7.14. The molecule has 0 bridgehead atoms. The van der Waals surface area contributed by atoms with Crippen molar-refractivity contribution in [2.45, 2.75) is 6.54 Å². The van der Waals surface area contributed by atoms with Crippen molar-refractivity contribution in [3.63, 3.8) is 0 Å². The molecule has 0 radical (unpaired) electrons. The molecule has 20 heavy (non-hydrogen) atoms. The molecule has 0 aliphatic rings. The highest BCUT2D eigenvalue weighted by atomic mass is 35.5. The van der Waals surface area contributed by atoms with Gasteiger partial charge in [-0.25, -0.2) is 0 Å². The van der Waals surface area contributed by atoms with Gasteiger partial charge in [-0.05, 0) is 17.7 Å². The zero-order valence-electron chi connectivity index (χ0n) is 10.4. The first kappa shape index (κ1) is 13.5.